The minimum absolute atomic E-state index is 0. The van der Waals surface area contributed by atoms with E-state index in [-0.39, 0.29) is 18.3 Å². The zero-order valence-corrected chi connectivity index (χ0v) is 9.64. The molecular formula is C11H17ClN2O. The molecule has 1 aromatic rings. The van der Waals surface area contributed by atoms with Gasteiger partial charge >= 0.3 is 0 Å². The third-order valence-electron chi connectivity index (χ3n) is 2.04. The Labute approximate surface area is 96.5 Å². The van der Waals surface area contributed by atoms with Crippen molar-refractivity contribution in [2.45, 2.75) is 26.4 Å². The summed E-state index contributed by atoms with van der Waals surface area (Å²) in [5.74, 6) is 0.0724. The molecule has 0 atom stereocenters. The molecule has 3 nitrogen and oxygen atoms in total. The van der Waals surface area contributed by atoms with E-state index in [0.717, 1.165) is 11.1 Å². The molecule has 1 amide bonds. The summed E-state index contributed by atoms with van der Waals surface area (Å²) in [5.41, 5.74) is 7.70. The predicted octanol–water partition coefficient (Wildman–Crippen LogP) is 1.59. The molecule has 0 aliphatic carbocycles. The number of rotatable bonds is 4. The lowest BCUT2D eigenvalue weighted by atomic mass is 10.1. The van der Waals surface area contributed by atoms with Gasteiger partial charge < -0.3 is 11.1 Å². The molecule has 0 aliphatic rings. The number of hydrogen-bond donors (Lipinski definition) is 2. The summed E-state index contributed by atoms with van der Waals surface area (Å²) < 4.78 is 0. The molecule has 0 saturated carbocycles. The molecule has 1 aromatic carbocycles. The van der Waals surface area contributed by atoms with Gasteiger partial charge in [0.15, 0.2) is 0 Å². The van der Waals surface area contributed by atoms with E-state index in [1.54, 1.807) is 0 Å². The van der Waals surface area contributed by atoms with E-state index in [0.29, 0.717) is 19.5 Å². The minimum Gasteiger partial charge on any atom is -0.352 e. The van der Waals surface area contributed by atoms with Crippen molar-refractivity contribution in [2.75, 3.05) is 0 Å². The van der Waals surface area contributed by atoms with Crippen LogP contribution in [0.15, 0.2) is 24.3 Å². The van der Waals surface area contributed by atoms with Crippen molar-refractivity contribution in [2.24, 2.45) is 5.73 Å². The standard InChI is InChI=1S/C11H16N2O.ClH/c1-2-11(14)13-8-10-5-3-4-9(6-10)7-12;/h3-6H,2,7-8,12H2,1H3,(H,13,14);1H. The first-order valence-electron chi connectivity index (χ1n) is 4.81. The van der Waals surface area contributed by atoms with Crippen molar-refractivity contribution >= 4 is 18.3 Å². The quantitative estimate of drug-likeness (QED) is 0.823. The Kier molecular flexibility index (Phi) is 6.75. The summed E-state index contributed by atoms with van der Waals surface area (Å²) in [6.07, 6.45) is 0.524. The molecule has 4 heteroatoms. The molecule has 84 valence electrons. The Morgan fingerprint density at radius 1 is 1.40 bits per heavy atom. The third-order valence-corrected chi connectivity index (χ3v) is 2.04. The van der Waals surface area contributed by atoms with Crippen LogP contribution in [0.25, 0.3) is 0 Å². The van der Waals surface area contributed by atoms with E-state index in [9.17, 15) is 4.79 Å². The fourth-order valence-electron chi connectivity index (χ4n) is 1.19. The Morgan fingerprint density at radius 2 is 2.07 bits per heavy atom. The monoisotopic (exact) mass is 228 g/mol. The number of carbonyl (C=O) groups is 1. The molecule has 0 saturated heterocycles. The average Bonchev–Trinajstić information content (AvgIpc) is 2.26. The van der Waals surface area contributed by atoms with Crippen LogP contribution >= 0.6 is 12.4 Å². The molecule has 0 aliphatic heterocycles. The zero-order chi connectivity index (χ0) is 10.4. The van der Waals surface area contributed by atoms with Gasteiger partial charge in [0, 0.05) is 19.5 Å². The maximum atomic E-state index is 11.0. The summed E-state index contributed by atoms with van der Waals surface area (Å²) in [6.45, 7) is 2.96. The zero-order valence-electron chi connectivity index (χ0n) is 8.82. The van der Waals surface area contributed by atoms with Gasteiger partial charge in [0.25, 0.3) is 0 Å². The molecular weight excluding hydrogens is 212 g/mol. The van der Waals surface area contributed by atoms with Gasteiger partial charge in [-0.05, 0) is 11.1 Å². The van der Waals surface area contributed by atoms with Gasteiger partial charge in [-0.25, -0.2) is 0 Å². The first-order chi connectivity index (χ1) is 6.76. The lowest BCUT2D eigenvalue weighted by Gasteiger charge is -2.05. The van der Waals surface area contributed by atoms with E-state index in [4.69, 9.17) is 5.73 Å². The second-order valence-electron chi connectivity index (χ2n) is 3.15. The smallest absolute Gasteiger partial charge is 0.219 e. The molecule has 0 fully saturated rings. The van der Waals surface area contributed by atoms with Gasteiger partial charge in [0.2, 0.25) is 5.91 Å². The van der Waals surface area contributed by atoms with E-state index >= 15 is 0 Å². The molecule has 1 rings (SSSR count). The number of nitrogens with one attached hydrogen (secondary N) is 1. The molecule has 0 bridgehead atoms. The van der Waals surface area contributed by atoms with Crippen LogP contribution in [0.1, 0.15) is 24.5 Å². The fraction of sp³-hybridized carbons (Fsp3) is 0.364. The van der Waals surface area contributed by atoms with Crippen LogP contribution in [0.2, 0.25) is 0 Å². The number of nitrogens with two attached hydrogens (primary N) is 1. The first-order valence-corrected chi connectivity index (χ1v) is 4.81. The summed E-state index contributed by atoms with van der Waals surface area (Å²) in [7, 11) is 0. The summed E-state index contributed by atoms with van der Waals surface area (Å²) in [5, 5.41) is 2.82. The molecule has 0 heterocycles. The number of amides is 1. The van der Waals surface area contributed by atoms with E-state index in [1.165, 1.54) is 0 Å². The fourth-order valence-corrected chi connectivity index (χ4v) is 1.19. The van der Waals surface area contributed by atoms with Crippen LogP contribution in [0.5, 0.6) is 0 Å². The van der Waals surface area contributed by atoms with Crippen LogP contribution in [-0.2, 0) is 17.9 Å². The van der Waals surface area contributed by atoms with E-state index < -0.39 is 0 Å². The lowest BCUT2D eigenvalue weighted by Crippen LogP contribution is -2.21. The minimum atomic E-state index is 0. The number of hydrogen-bond acceptors (Lipinski definition) is 2. The highest BCUT2D eigenvalue weighted by molar-refractivity contribution is 5.85. The van der Waals surface area contributed by atoms with Crippen molar-refractivity contribution in [1.29, 1.82) is 0 Å². The maximum absolute atomic E-state index is 11.0. The number of carbonyl (C=O) groups excluding carboxylic acids is 1. The topological polar surface area (TPSA) is 55.1 Å². The largest absolute Gasteiger partial charge is 0.352 e. The highest BCUT2D eigenvalue weighted by Crippen LogP contribution is 2.04. The average molecular weight is 229 g/mol. The van der Waals surface area contributed by atoms with Gasteiger partial charge in [0.1, 0.15) is 0 Å². The second kappa shape index (κ2) is 7.26. The first kappa shape index (κ1) is 13.9. The highest BCUT2D eigenvalue weighted by Gasteiger charge is 1.97. The van der Waals surface area contributed by atoms with Gasteiger partial charge in [-0.15, -0.1) is 12.4 Å². The predicted molar refractivity (Wildman–Crippen MR) is 63.7 cm³/mol. The van der Waals surface area contributed by atoms with E-state index in [1.807, 2.05) is 31.2 Å². The summed E-state index contributed by atoms with van der Waals surface area (Å²) in [6, 6.07) is 7.92. The van der Waals surface area contributed by atoms with Crippen LogP contribution in [0.4, 0.5) is 0 Å². The summed E-state index contributed by atoms with van der Waals surface area (Å²) >= 11 is 0. The molecule has 0 radical (unpaired) electrons. The molecule has 15 heavy (non-hydrogen) atoms. The van der Waals surface area contributed by atoms with Gasteiger partial charge in [0.05, 0.1) is 0 Å². The Morgan fingerprint density at radius 3 is 2.67 bits per heavy atom. The SMILES string of the molecule is CCC(=O)NCc1cccc(CN)c1.Cl. The normalized spacial score (nSPS) is 9.20. The number of halogens is 1. The Hall–Kier alpha value is -1.06. The van der Waals surface area contributed by atoms with Gasteiger partial charge in [-0.3, -0.25) is 4.79 Å². The van der Waals surface area contributed by atoms with Crippen molar-refractivity contribution < 1.29 is 4.79 Å². The van der Waals surface area contributed by atoms with Gasteiger partial charge in [-0.2, -0.15) is 0 Å². The third kappa shape index (κ3) is 4.81. The highest BCUT2D eigenvalue weighted by atomic mass is 35.5. The van der Waals surface area contributed by atoms with Crippen LogP contribution in [0.3, 0.4) is 0 Å². The van der Waals surface area contributed by atoms with Crippen LogP contribution in [0, 0.1) is 0 Å². The molecule has 0 aromatic heterocycles. The maximum Gasteiger partial charge on any atom is 0.219 e. The lowest BCUT2D eigenvalue weighted by molar-refractivity contribution is -0.120. The molecule has 0 spiro atoms. The van der Waals surface area contributed by atoms with Crippen molar-refractivity contribution in [3.8, 4) is 0 Å². The van der Waals surface area contributed by atoms with Crippen molar-refractivity contribution in [3.63, 3.8) is 0 Å². The van der Waals surface area contributed by atoms with Gasteiger partial charge in [-0.1, -0.05) is 31.2 Å². The second-order valence-corrected chi connectivity index (χ2v) is 3.15. The molecule has 3 N–H and O–H groups in total. The Bertz CT molecular complexity index is 315. The van der Waals surface area contributed by atoms with Crippen LogP contribution in [-0.4, -0.2) is 5.91 Å². The van der Waals surface area contributed by atoms with E-state index in [2.05, 4.69) is 5.32 Å². The van der Waals surface area contributed by atoms with Crippen molar-refractivity contribution in [3.05, 3.63) is 35.4 Å². The van der Waals surface area contributed by atoms with Crippen LogP contribution < -0.4 is 11.1 Å². The Balaban J connectivity index is 0.00000196. The summed E-state index contributed by atoms with van der Waals surface area (Å²) in [4.78, 5) is 11.0. The number of benzene rings is 1. The van der Waals surface area contributed by atoms with Crippen molar-refractivity contribution in [1.82, 2.24) is 5.32 Å². The molecule has 0 unspecified atom stereocenters.